The number of carbonyl (C=O) groups is 2. The highest BCUT2D eigenvalue weighted by Crippen LogP contribution is 2.36. The van der Waals surface area contributed by atoms with Crippen molar-refractivity contribution in [2.75, 3.05) is 0 Å². The molecule has 3 unspecified atom stereocenters. The molecule has 3 atom stereocenters. The van der Waals surface area contributed by atoms with E-state index >= 15 is 0 Å². The van der Waals surface area contributed by atoms with Crippen molar-refractivity contribution in [1.82, 2.24) is 0 Å². The molecular weight excluding hydrogens is 192 g/mol. The van der Waals surface area contributed by atoms with E-state index in [4.69, 9.17) is 6.42 Å². The van der Waals surface area contributed by atoms with Crippen molar-refractivity contribution in [3.63, 3.8) is 0 Å². The second-order valence-electron chi connectivity index (χ2n) is 3.48. The lowest BCUT2D eigenvalue weighted by Gasteiger charge is -2.19. The zero-order valence-electron chi connectivity index (χ0n) is 7.90. The van der Waals surface area contributed by atoms with Gasteiger partial charge in [-0.1, -0.05) is 18.1 Å². The molecule has 3 nitrogen and oxygen atoms in total. The molecule has 0 aromatic rings. The predicted molar refractivity (Wildman–Crippen MR) is 51.9 cm³/mol. The molecule has 2 rings (SSSR count). The van der Waals surface area contributed by atoms with E-state index in [1.54, 1.807) is 0 Å². The number of esters is 2. The fourth-order valence-electron chi connectivity index (χ4n) is 1.95. The number of ether oxygens (including phenoxy) is 1. The van der Waals surface area contributed by atoms with Crippen LogP contribution in [0, 0.1) is 41.9 Å². The van der Waals surface area contributed by atoms with Crippen molar-refractivity contribution >= 4 is 11.9 Å². The van der Waals surface area contributed by atoms with Crippen LogP contribution < -0.4 is 0 Å². The van der Waals surface area contributed by atoms with Crippen molar-refractivity contribution in [2.24, 2.45) is 17.8 Å². The molecule has 15 heavy (non-hydrogen) atoms. The number of carbonyl (C=O) groups excluding carboxylic acids is 2. The van der Waals surface area contributed by atoms with Gasteiger partial charge >= 0.3 is 11.9 Å². The molecule has 0 spiro atoms. The van der Waals surface area contributed by atoms with Crippen molar-refractivity contribution in [3.8, 4) is 24.2 Å². The minimum atomic E-state index is -0.481. The van der Waals surface area contributed by atoms with Crippen LogP contribution in [0.4, 0.5) is 0 Å². The molecule has 0 bridgehead atoms. The van der Waals surface area contributed by atoms with Gasteiger partial charge in [0, 0.05) is 0 Å². The average molecular weight is 200 g/mol. The summed E-state index contributed by atoms with van der Waals surface area (Å²) in [6.45, 7) is 0. The number of terminal acetylenes is 1. The van der Waals surface area contributed by atoms with E-state index in [2.05, 4.69) is 22.5 Å². The highest BCUT2D eigenvalue weighted by atomic mass is 16.6. The largest absolute Gasteiger partial charge is 0.393 e. The Kier molecular flexibility index (Phi) is 2.31. The zero-order valence-corrected chi connectivity index (χ0v) is 7.90. The molecular formula is C12H8O3. The predicted octanol–water partition coefficient (Wildman–Crippen LogP) is 0.515. The lowest BCUT2D eigenvalue weighted by molar-refractivity contribution is -0.153. The number of cyclic esters (lactones) is 2. The number of allylic oxidation sites excluding steroid dienone is 2. The lowest BCUT2D eigenvalue weighted by Crippen LogP contribution is -2.26. The van der Waals surface area contributed by atoms with Crippen molar-refractivity contribution in [3.05, 3.63) is 12.2 Å². The third-order valence-corrected chi connectivity index (χ3v) is 2.64. The van der Waals surface area contributed by atoms with E-state index in [1.165, 1.54) is 0 Å². The molecule has 0 radical (unpaired) electrons. The maximum atomic E-state index is 11.4. The van der Waals surface area contributed by atoms with E-state index < -0.39 is 17.9 Å². The first-order valence-corrected chi connectivity index (χ1v) is 4.62. The highest BCUT2D eigenvalue weighted by Gasteiger charge is 2.48. The van der Waals surface area contributed by atoms with E-state index in [9.17, 15) is 9.59 Å². The summed E-state index contributed by atoms with van der Waals surface area (Å²) < 4.78 is 4.58. The van der Waals surface area contributed by atoms with Gasteiger partial charge in [0.25, 0.3) is 0 Å². The summed E-state index contributed by atoms with van der Waals surface area (Å²) in [6, 6.07) is 0. The minimum absolute atomic E-state index is 0.293. The van der Waals surface area contributed by atoms with Crippen LogP contribution in [0.2, 0.25) is 0 Å². The Morgan fingerprint density at radius 2 is 2.20 bits per heavy atom. The minimum Gasteiger partial charge on any atom is -0.393 e. The van der Waals surface area contributed by atoms with Gasteiger partial charge in [0.2, 0.25) is 0 Å². The van der Waals surface area contributed by atoms with E-state index in [-0.39, 0.29) is 11.8 Å². The summed E-state index contributed by atoms with van der Waals surface area (Å²) >= 11 is 0. The second-order valence-corrected chi connectivity index (χ2v) is 3.48. The summed E-state index contributed by atoms with van der Waals surface area (Å²) in [4.78, 5) is 22.7. The Morgan fingerprint density at radius 3 is 2.93 bits per heavy atom. The number of fused-ring (bicyclic) bond motifs is 1. The Hall–Kier alpha value is -2.00. The standard InChI is InChI=1S/C12H8O3/c1-2-3-5-8-6-4-7-9-10(8)12(14)15-11(9)13/h1,4,6,8-10H,7H2. The maximum Gasteiger partial charge on any atom is 0.319 e. The number of rotatable bonds is 0. The summed E-state index contributed by atoms with van der Waals surface area (Å²) in [6.07, 6.45) is 9.21. The lowest BCUT2D eigenvalue weighted by atomic mass is 9.78. The SMILES string of the molecule is C#CC#CC1C=CCC2C(=O)OC(=O)C12. The van der Waals surface area contributed by atoms with Crippen LogP contribution >= 0.6 is 0 Å². The summed E-state index contributed by atoms with van der Waals surface area (Å²) in [7, 11) is 0. The highest BCUT2D eigenvalue weighted by molar-refractivity contribution is 5.97. The van der Waals surface area contributed by atoms with Crippen LogP contribution in [0.1, 0.15) is 6.42 Å². The van der Waals surface area contributed by atoms with Gasteiger partial charge in [-0.05, 0) is 18.3 Å². The van der Waals surface area contributed by atoms with Gasteiger partial charge in [-0.2, -0.15) is 0 Å². The first kappa shape index (κ1) is 9.55. The Morgan fingerprint density at radius 1 is 1.40 bits per heavy atom. The van der Waals surface area contributed by atoms with E-state index in [1.807, 2.05) is 12.2 Å². The molecule has 3 heteroatoms. The molecule has 1 aliphatic carbocycles. The van der Waals surface area contributed by atoms with Gasteiger partial charge in [0.05, 0.1) is 17.8 Å². The van der Waals surface area contributed by atoms with E-state index in [0.29, 0.717) is 6.42 Å². The fourth-order valence-corrected chi connectivity index (χ4v) is 1.95. The summed E-state index contributed by atoms with van der Waals surface area (Å²) in [5, 5.41) is 0. The first-order chi connectivity index (χ1) is 7.24. The second kappa shape index (κ2) is 3.63. The topological polar surface area (TPSA) is 43.4 Å². The number of hydrogen-bond acceptors (Lipinski definition) is 3. The molecule has 1 saturated heterocycles. The van der Waals surface area contributed by atoms with Gasteiger partial charge in [-0.25, -0.2) is 0 Å². The van der Waals surface area contributed by atoms with Gasteiger partial charge in [0.1, 0.15) is 0 Å². The van der Waals surface area contributed by atoms with Gasteiger partial charge in [0.15, 0.2) is 0 Å². The van der Waals surface area contributed by atoms with Crippen LogP contribution in [-0.2, 0) is 14.3 Å². The van der Waals surface area contributed by atoms with Gasteiger partial charge < -0.3 is 4.74 Å². The van der Waals surface area contributed by atoms with Crippen LogP contribution in [-0.4, -0.2) is 11.9 Å². The summed E-state index contributed by atoms with van der Waals surface area (Å²) in [5.74, 6) is 5.37. The monoisotopic (exact) mass is 200 g/mol. The van der Waals surface area contributed by atoms with Crippen LogP contribution in [0.25, 0.3) is 0 Å². The third-order valence-electron chi connectivity index (χ3n) is 2.64. The smallest absolute Gasteiger partial charge is 0.319 e. The van der Waals surface area contributed by atoms with E-state index in [0.717, 1.165) is 0 Å². The van der Waals surface area contributed by atoms with Crippen molar-refractivity contribution < 1.29 is 14.3 Å². The molecule has 0 aromatic carbocycles. The normalized spacial score (nSPS) is 32.3. The summed E-state index contributed by atoms with van der Waals surface area (Å²) in [5.41, 5.74) is 0. The van der Waals surface area contributed by atoms with Gasteiger partial charge in [-0.15, -0.1) is 6.42 Å². The molecule has 1 aliphatic heterocycles. The Bertz CT molecular complexity index is 442. The molecule has 0 N–H and O–H groups in total. The fraction of sp³-hybridized carbons (Fsp3) is 0.333. The third kappa shape index (κ3) is 1.53. The molecule has 1 heterocycles. The number of hydrogen-bond donors (Lipinski definition) is 0. The zero-order chi connectivity index (χ0) is 10.8. The van der Waals surface area contributed by atoms with Crippen LogP contribution in [0.3, 0.4) is 0 Å². The quantitative estimate of drug-likeness (QED) is 0.248. The molecule has 2 aliphatic rings. The van der Waals surface area contributed by atoms with Crippen molar-refractivity contribution in [1.29, 1.82) is 0 Å². The first-order valence-electron chi connectivity index (χ1n) is 4.62. The molecule has 0 amide bonds. The molecule has 0 saturated carbocycles. The molecule has 0 aromatic heterocycles. The van der Waals surface area contributed by atoms with Crippen LogP contribution in [0.15, 0.2) is 12.2 Å². The van der Waals surface area contributed by atoms with Crippen molar-refractivity contribution in [2.45, 2.75) is 6.42 Å². The van der Waals surface area contributed by atoms with Crippen LogP contribution in [0.5, 0.6) is 0 Å². The Labute approximate surface area is 87.5 Å². The molecule has 74 valence electrons. The average Bonchev–Trinajstić information content (AvgIpc) is 2.53. The maximum absolute atomic E-state index is 11.4. The molecule has 1 fully saturated rings. The Balaban J connectivity index is 2.31. The van der Waals surface area contributed by atoms with Gasteiger partial charge in [-0.3, -0.25) is 9.59 Å².